The zero-order chi connectivity index (χ0) is 23.4. The number of alkyl carbamates (subject to hydrolysis) is 1. The molecule has 1 aromatic rings. The number of aromatic nitrogens is 1. The van der Waals surface area contributed by atoms with Crippen LogP contribution in [0.4, 0.5) is 4.79 Å². The molecule has 0 aliphatic carbocycles. The van der Waals surface area contributed by atoms with Crippen LogP contribution < -0.4 is 10.6 Å². The molecule has 0 unspecified atom stereocenters. The predicted octanol–water partition coefficient (Wildman–Crippen LogP) is 1.59. The average molecular weight is 547 g/mol. The molecule has 0 fully saturated rings. The number of ether oxygens (including phenoxy) is 1. The lowest BCUT2D eigenvalue weighted by Crippen LogP contribution is -2.43. The Labute approximate surface area is 192 Å². The summed E-state index contributed by atoms with van der Waals surface area (Å²) in [7, 11) is 0. The van der Waals surface area contributed by atoms with Crippen molar-refractivity contribution in [2.45, 2.75) is 51.2 Å². The van der Waals surface area contributed by atoms with Crippen molar-refractivity contribution in [3.63, 3.8) is 0 Å². The molecule has 0 saturated heterocycles. The first-order valence-electron chi connectivity index (χ1n) is 9.41. The van der Waals surface area contributed by atoms with Gasteiger partial charge in [0.05, 0.1) is 5.56 Å². The molecule has 11 nitrogen and oxygen atoms in total. The number of carbonyl (C=O) groups is 5. The van der Waals surface area contributed by atoms with Crippen LogP contribution in [-0.2, 0) is 19.1 Å². The molecule has 1 rings (SSSR count). The van der Waals surface area contributed by atoms with Gasteiger partial charge in [0.15, 0.2) is 0 Å². The molecule has 12 heteroatoms. The number of pyridine rings is 1. The average Bonchev–Trinajstić information content (AvgIpc) is 2.69. The monoisotopic (exact) mass is 547 g/mol. The Hall–Kier alpha value is -2.77. The minimum absolute atomic E-state index is 0.0192. The molecule has 31 heavy (non-hydrogen) atoms. The molecule has 2 amide bonds. The second kappa shape index (κ2) is 13.5. The maximum atomic E-state index is 12.0. The molecular weight excluding hydrogens is 523 g/mol. The Bertz CT molecular complexity index is 817. The van der Waals surface area contributed by atoms with Gasteiger partial charge in [0.2, 0.25) is 6.10 Å². The number of halogens is 1. The Morgan fingerprint density at radius 3 is 2.39 bits per heavy atom. The fourth-order valence-electron chi connectivity index (χ4n) is 2.44. The minimum Gasteiger partial charge on any atom is -0.480 e. The van der Waals surface area contributed by atoms with E-state index in [1.165, 1.54) is 13.1 Å². The lowest BCUT2D eigenvalue weighted by Gasteiger charge is -2.17. The minimum atomic E-state index is -1.47. The van der Waals surface area contributed by atoms with Crippen LogP contribution in [0.15, 0.2) is 18.5 Å². The van der Waals surface area contributed by atoms with E-state index >= 15 is 0 Å². The van der Waals surface area contributed by atoms with E-state index in [1.54, 1.807) is 12.3 Å². The number of ketones is 1. The number of nitrogens with zero attached hydrogens (tertiary/aromatic N) is 1. The van der Waals surface area contributed by atoms with Crippen molar-refractivity contribution in [2.24, 2.45) is 0 Å². The van der Waals surface area contributed by atoms with Crippen LogP contribution >= 0.6 is 22.6 Å². The number of rotatable bonds is 13. The first kappa shape index (κ1) is 26.3. The number of amides is 2. The van der Waals surface area contributed by atoms with Gasteiger partial charge in [0, 0.05) is 28.9 Å². The molecule has 2 atom stereocenters. The summed E-state index contributed by atoms with van der Waals surface area (Å²) in [6, 6.07) is 0.313. The van der Waals surface area contributed by atoms with Crippen molar-refractivity contribution >= 4 is 52.3 Å². The Morgan fingerprint density at radius 1 is 1.10 bits per heavy atom. The van der Waals surface area contributed by atoms with Gasteiger partial charge >= 0.3 is 18.0 Å². The number of unbranched alkanes of at least 4 members (excludes halogenated alkanes) is 1. The van der Waals surface area contributed by atoms with E-state index in [9.17, 15) is 29.1 Å². The molecule has 4 N–H and O–H groups in total. The molecular formula is C19H24IN3O8. The van der Waals surface area contributed by atoms with Gasteiger partial charge in [0.1, 0.15) is 11.8 Å². The molecule has 0 spiro atoms. The quantitative estimate of drug-likeness (QED) is 0.211. The number of carbonyl (C=O) groups excluding carboxylic acids is 3. The van der Waals surface area contributed by atoms with Crippen LogP contribution in [0.3, 0.4) is 0 Å². The molecule has 0 saturated carbocycles. The van der Waals surface area contributed by atoms with Gasteiger partial charge in [-0.05, 0) is 61.3 Å². The second-order valence-electron chi connectivity index (χ2n) is 6.65. The van der Waals surface area contributed by atoms with E-state index in [0.29, 0.717) is 18.4 Å². The van der Waals surface area contributed by atoms with Crippen LogP contribution in [0.2, 0.25) is 0 Å². The number of carboxylic acids is 2. The number of carboxylic acid groups (broad SMARTS) is 2. The predicted molar refractivity (Wildman–Crippen MR) is 116 cm³/mol. The number of Topliss-reactive ketones (excluding diaryl/α,β-unsaturated/α-hetero) is 1. The number of hydrogen-bond donors (Lipinski definition) is 4. The summed E-state index contributed by atoms with van der Waals surface area (Å²) in [4.78, 5) is 61.3. The summed E-state index contributed by atoms with van der Waals surface area (Å²) in [5.41, 5.74) is 0.410. The zero-order valence-electron chi connectivity index (χ0n) is 16.8. The highest BCUT2D eigenvalue weighted by Gasteiger charge is 2.26. The number of nitrogens with one attached hydrogen (secondary N) is 2. The van der Waals surface area contributed by atoms with Crippen LogP contribution in [0.5, 0.6) is 0 Å². The van der Waals surface area contributed by atoms with Crippen molar-refractivity contribution in [2.75, 3.05) is 6.54 Å². The zero-order valence-corrected chi connectivity index (χ0v) is 19.0. The molecule has 0 aromatic carbocycles. The summed E-state index contributed by atoms with van der Waals surface area (Å²) < 4.78 is 5.63. The van der Waals surface area contributed by atoms with Crippen LogP contribution in [0, 0.1) is 3.57 Å². The highest BCUT2D eigenvalue weighted by Crippen LogP contribution is 2.08. The maximum absolute atomic E-state index is 12.0. The number of hydrogen-bond acceptors (Lipinski definition) is 7. The summed E-state index contributed by atoms with van der Waals surface area (Å²) in [5.74, 6) is -3.28. The van der Waals surface area contributed by atoms with E-state index < -0.39 is 30.2 Å². The van der Waals surface area contributed by atoms with Gasteiger partial charge in [0.25, 0.3) is 5.91 Å². The SMILES string of the molecule is CC(=O)CC[C@H](NC(=O)O[C@@H](CCCCNC(=O)c1cncc([125I])c1)C(=O)O)C(=O)O. The van der Waals surface area contributed by atoms with Crippen molar-refractivity contribution in [1.29, 1.82) is 0 Å². The lowest BCUT2D eigenvalue weighted by atomic mass is 10.1. The van der Waals surface area contributed by atoms with Crippen LogP contribution in [0.1, 0.15) is 49.4 Å². The first-order chi connectivity index (χ1) is 14.6. The summed E-state index contributed by atoms with van der Waals surface area (Å²) >= 11 is 2.04. The van der Waals surface area contributed by atoms with E-state index in [2.05, 4.69) is 15.6 Å². The largest absolute Gasteiger partial charge is 0.480 e. The fraction of sp³-hybridized carbons (Fsp3) is 0.474. The van der Waals surface area contributed by atoms with Gasteiger partial charge in [-0.15, -0.1) is 0 Å². The molecule has 1 heterocycles. The Balaban J connectivity index is 2.42. The first-order valence-corrected chi connectivity index (χ1v) is 10.5. The number of aliphatic carboxylic acids is 2. The van der Waals surface area contributed by atoms with E-state index in [0.717, 1.165) is 3.57 Å². The Kier molecular flexibility index (Phi) is 11.5. The third-order valence-corrected chi connectivity index (χ3v) is 4.64. The van der Waals surface area contributed by atoms with E-state index in [4.69, 9.17) is 9.84 Å². The van der Waals surface area contributed by atoms with Crippen LogP contribution in [-0.4, -0.2) is 63.6 Å². The third kappa shape index (κ3) is 10.7. The highest BCUT2D eigenvalue weighted by molar-refractivity contribution is 14.1. The van der Waals surface area contributed by atoms with E-state index in [1.807, 2.05) is 22.6 Å². The highest BCUT2D eigenvalue weighted by atomic mass is 125. The topological polar surface area (TPSA) is 172 Å². The van der Waals surface area contributed by atoms with Crippen molar-refractivity contribution in [3.8, 4) is 0 Å². The van der Waals surface area contributed by atoms with Gasteiger partial charge in [-0.25, -0.2) is 14.4 Å². The van der Waals surface area contributed by atoms with Gasteiger partial charge in [-0.3, -0.25) is 9.78 Å². The fourth-order valence-corrected chi connectivity index (χ4v) is 2.93. The molecule has 170 valence electrons. The third-order valence-electron chi connectivity index (χ3n) is 4.05. The summed E-state index contributed by atoms with van der Waals surface area (Å²) in [6.45, 7) is 1.58. The molecule has 0 aliphatic rings. The van der Waals surface area contributed by atoms with Crippen molar-refractivity contribution in [1.82, 2.24) is 15.6 Å². The molecule has 0 bridgehead atoms. The van der Waals surface area contributed by atoms with Gasteiger partial charge < -0.3 is 30.4 Å². The second-order valence-corrected chi connectivity index (χ2v) is 7.90. The van der Waals surface area contributed by atoms with Crippen molar-refractivity contribution in [3.05, 3.63) is 27.6 Å². The van der Waals surface area contributed by atoms with Gasteiger partial charge in [-0.2, -0.15) is 0 Å². The van der Waals surface area contributed by atoms with E-state index in [-0.39, 0.29) is 37.5 Å². The summed E-state index contributed by atoms with van der Waals surface area (Å²) in [5, 5.41) is 23.0. The molecule has 1 aromatic heterocycles. The maximum Gasteiger partial charge on any atom is 0.408 e. The normalized spacial score (nSPS) is 12.3. The Morgan fingerprint density at radius 2 is 1.81 bits per heavy atom. The smallest absolute Gasteiger partial charge is 0.408 e. The summed E-state index contributed by atoms with van der Waals surface area (Å²) in [6.07, 6.45) is 0.953. The standard InChI is InChI=1S/C19H24IN3O8/c1-11(24)5-6-14(17(26)27)23-19(30)31-15(18(28)29)4-2-3-7-22-16(25)12-8-13(20)10-21-9-12/h8-10,14-15H,2-7H2,1H3,(H,22,25)(H,23,30)(H,26,27)(H,28,29)/t14-,15-/m0/s1/i20-2. The van der Waals surface area contributed by atoms with Crippen molar-refractivity contribution < 1.29 is 38.9 Å². The van der Waals surface area contributed by atoms with Crippen LogP contribution in [0.25, 0.3) is 0 Å². The lowest BCUT2D eigenvalue weighted by molar-refractivity contribution is -0.147. The van der Waals surface area contributed by atoms with Gasteiger partial charge in [-0.1, -0.05) is 0 Å². The molecule has 0 radical (unpaired) electrons. The molecule has 0 aliphatic heterocycles.